The average Bonchev–Trinajstić information content (AvgIpc) is 3.12. The molecule has 1 saturated heterocycles. The summed E-state index contributed by atoms with van der Waals surface area (Å²) < 4.78 is 34.9. The Morgan fingerprint density at radius 1 is 1.29 bits per heavy atom. The summed E-state index contributed by atoms with van der Waals surface area (Å²) in [5.41, 5.74) is 0.697. The van der Waals surface area contributed by atoms with Gasteiger partial charge in [0, 0.05) is 46.4 Å². The summed E-state index contributed by atoms with van der Waals surface area (Å²) in [6.07, 6.45) is 4.12. The normalized spacial score (nSPS) is 16.8. The molecule has 0 amide bonds. The maximum atomic E-state index is 12.6. The first kappa shape index (κ1) is 24.7. The Hall–Kier alpha value is -1.36. The van der Waals surface area contributed by atoms with Gasteiger partial charge in [-0.2, -0.15) is 8.78 Å². The van der Waals surface area contributed by atoms with E-state index in [0.29, 0.717) is 12.2 Å². The summed E-state index contributed by atoms with van der Waals surface area (Å²) >= 11 is 0. The van der Waals surface area contributed by atoms with Crippen LogP contribution in [-0.2, 0) is 4.74 Å². The van der Waals surface area contributed by atoms with Crippen molar-refractivity contribution >= 4 is 35.6 Å². The molecule has 1 heterocycles. The number of aliphatic imine (C=N–C) groups is 1. The molecule has 0 saturated carbocycles. The number of nitrogens with zero attached hydrogens (tertiary/aromatic N) is 2. The minimum Gasteiger partial charge on any atom is -0.433 e. The molecule has 160 valence electrons. The predicted octanol–water partition coefficient (Wildman–Crippen LogP) is 3.47. The Labute approximate surface area is 183 Å². The molecule has 1 aromatic rings. The number of ether oxygens (including phenoxy) is 2. The molecular weight excluding hydrogens is 481 g/mol. The maximum absolute atomic E-state index is 12.6. The van der Waals surface area contributed by atoms with E-state index in [4.69, 9.17) is 4.74 Å². The van der Waals surface area contributed by atoms with E-state index in [-0.39, 0.29) is 35.8 Å². The Bertz CT molecular complexity index is 593. The standard InChI is InChI=1S/C19H30F2N4O2.HI/c1-22-19(23-11-6-3-7-13-26-2)24-15-10-12-25(14-15)16-8-4-5-9-17(16)27-18(20)21;/h4-5,8-9,15,18H,3,6-7,10-14H2,1-2H3,(H2,22,23,24);1H. The number of benzene rings is 1. The van der Waals surface area contributed by atoms with Crippen LogP contribution >= 0.6 is 24.0 Å². The second kappa shape index (κ2) is 13.8. The third-order valence-corrected chi connectivity index (χ3v) is 4.49. The van der Waals surface area contributed by atoms with Crippen molar-refractivity contribution in [3.05, 3.63) is 24.3 Å². The van der Waals surface area contributed by atoms with Gasteiger partial charge in [0.1, 0.15) is 5.75 Å². The van der Waals surface area contributed by atoms with Crippen molar-refractivity contribution in [3.8, 4) is 5.75 Å². The van der Waals surface area contributed by atoms with E-state index in [1.165, 1.54) is 0 Å². The lowest BCUT2D eigenvalue weighted by Gasteiger charge is -2.22. The second-order valence-corrected chi connectivity index (χ2v) is 6.47. The zero-order valence-corrected chi connectivity index (χ0v) is 18.8. The Kier molecular flexibility index (Phi) is 12.1. The molecule has 0 radical (unpaired) electrons. The fraction of sp³-hybridized carbons (Fsp3) is 0.632. The summed E-state index contributed by atoms with van der Waals surface area (Å²) in [5, 5.41) is 6.73. The molecule has 6 nitrogen and oxygen atoms in total. The highest BCUT2D eigenvalue weighted by Gasteiger charge is 2.25. The lowest BCUT2D eigenvalue weighted by molar-refractivity contribution is -0.0495. The average molecular weight is 512 g/mol. The van der Waals surface area contributed by atoms with E-state index in [1.807, 2.05) is 12.1 Å². The summed E-state index contributed by atoms with van der Waals surface area (Å²) in [5.74, 6) is 0.984. The molecule has 1 atom stereocenters. The molecule has 0 aliphatic carbocycles. The van der Waals surface area contributed by atoms with E-state index in [0.717, 1.165) is 51.3 Å². The highest BCUT2D eigenvalue weighted by Crippen LogP contribution is 2.31. The molecule has 2 N–H and O–H groups in total. The van der Waals surface area contributed by atoms with E-state index in [9.17, 15) is 8.78 Å². The summed E-state index contributed by atoms with van der Waals surface area (Å²) in [7, 11) is 3.46. The molecule has 1 aromatic carbocycles. The first-order chi connectivity index (χ1) is 13.1. The van der Waals surface area contributed by atoms with Crippen LogP contribution in [0.4, 0.5) is 14.5 Å². The molecule has 0 bridgehead atoms. The lowest BCUT2D eigenvalue weighted by Crippen LogP contribution is -2.44. The number of hydrogen-bond donors (Lipinski definition) is 2. The topological polar surface area (TPSA) is 58.1 Å². The second-order valence-electron chi connectivity index (χ2n) is 6.47. The van der Waals surface area contributed by atoms with Crippen LogP contribution in [0.25, 0.3) is 0 Å². The van der Waals surface area contributed by atoms with Crippen molar-refractivity contribution in [3.63, 3.8) is 0 Å². The van der Waals surface area contributed by atoms with Crippen molar-refractivity contribution in [1.82, 2.24) is 10.6 Å². The number of unbranched alkanes of at least 4 members (excludes halogenated alkanes) is 2. The monoisotopic (exact) mass is 512 g/mol. The first-order valence-electron chi connectivity index (χ1n) is 9.39. The van der Waals surface area contributed by atoms with Crippen LogP contribution in [0.1, 0.15) is 25.7 Å². The van der Waals surface area contributed by atoms with Crippen molar-refractivity contribution < 1.29 is 18.3 Å². The molecule has 1 aliphatic heterocycles. The van der Waals surface area contributed by atoms with Crippen LogP contribution < -0.4 is 20.3 Å². The van der Waals surface area contributed by atoms with Crippen LogP contribution in [0.5, 0.6) is 5.75 Å². The molecule has 0 aromatic heterocycles. The van der Waals surface area contributed by atoms with E-state index in [1.54, 1.807) is 26.3 Å². The van der Waals surface area contributed by atoms with Crippen molar-refractivity contribution in [2.75, 3.05) is 45.3 Å². The summed E-state index contributed by atoms with van der Waals surface area (Å²) in [4.78, 5) is 6.33. The van der Waals surface area contributed by atoms with Crippen LogP contribution in [0.2, 0.25) is 0 Å². The van der Waals surface area contributed by atoms with E-state index >= 15 is 0 Å². The number of para-hydroxylation sites is 2. The highest BCUT2D eigenvalue weighted by atomic mass is 127. The highest BCUT2D eigenvalue weighted by molar-refractivity contribution is 14.0. The van der Waals surface area contributed by atoms with Gasteiger partial charge in [-0.05, 0) is 37.8 Å². The van der Waals surface area contributed by atoms with Gasteiger partial charge in [0.15, 0.2) is 5.96 Å². The summed E-state index contributed by atoms with van der Waals surface area (Å²) in [6, 6.07) is 7.12. The van der Waals surface area contributed by atoms with Gasteiger partial charge in [-0.3, -0.25) is 4.99 Å². The fourth-order valence-corrected chi connectivity index (χ4v) is 3.15. The van der Waals surface area contributed by atoms with Crippen LogP contribution in [0.3, 0.4) is 0 Å². The maximum Gasteiger partial charge on any atom is 0.387 e. The van der Waals surface area contributed by atoms with Crippen molar-refractivity contribution in [2.24, 2.45) is 4.99 Å². The number of alkyl halides is 2. The number of anilines is 1. The number of halogens is 3. The number of methoxy groups -OCH3 is 1. The SMILES string of the molecule is CN=C(NCCCCCOC)NC1CCN(c2ccccc2OC(F)F)C1.I. The zero-order chi connectivity index (χ0) is 19.5. The molecule has 2 rings (SSSR count). The van der Waals surface area contributed by atoms with Crippen molar-refractivity contribution in [2.45, 2.75) is 38.3 Å². The predicted molar refractivity (Wildman–Crippen MR) is 119 cm³/mol. The van der Waals surface area contributed by atoms with Gasteiger partial charge in [0.2, 0.25) is 0 Å². The minimum atomic E-state index is -2.82. The van der Waals surface area contributed by atoms with Gasteiger partial charge in [-0.25, -0.2) is 0 Å². The fourth-order valence-electron chi connectivity index (χ4n) is 3.15. The van der Waals surface area contributed by atoms with E-state index < -0.39 is 6.61 Å². The quantitative estimate of drug-likeness (QED) is 0.218. The summed E-state index contributed by atoms with van der Waals surface area (Å²) in [6.45, 7) is 0.301. The Balaban J connectivity index is 0.00000392. The van der Waals surface area contributed by atoms with Gasteiger partial charge >= 0.3 is 6.61 Å². The van der Waals surface area contributed by atoms with Gasteiger partial charge in [0.05, 0.1) is 5.69 Å². The van der Waals surface area contributed by atoms with Crippen LogP contribution in [-0.4, -0.2) is 59.0 Å². The molecule has 0 spiro atoms. The smallest absolute Gasteiger partial charge is 0.387 e. The zero-order valence-electron chi connectivity index (χ0n) is 16.5. The molecule has 1 fully saturated rings. The molecular formula is C19H31F2IN4O2. The molecule has 1 unspecified atom stereocenters. The number of guanidine groups is 1. The number of rotatable bonds is 10. The third kappa shape index (κ3) is 8.34. The van der Waals surface area contributed by atoms with Gasteiger partial charge < -0.3 is 25.0 Å². The number of hydrogen-bond acceptors (Lipinski definition) is 4. The van der Waals surface area contributed by atoms with Crippen molar-refractivity contribution in [1.29, 1.82) is 0 Å². The van der Waals surface area contributed by atoms with Crippen LogP contribution in [0.15, 0.2) is 29.3 Å². The van der Waals surface area contributed by atoms with Gasteiger partial charge in [-0.1, -0.05) is 12.1 Å². The van der Waals surface area contributed by atoms with Crippen LogP contribution in [0, 0.1) is 0 Å². The lowest BCUT2D eigenvalue weighted by atomic mass is 10.2. The first-order valence-corrected chi connectivity index (χ1v) is 9.39. The molecule has 1 aliphatic rings. The number of nitrogens with one attached hydrogen (secondary N) is 2. The molecule has 9 heteroatoms. The Morgan fingerprint density at radius 3 is 2.79 bits per heavy atom. The largest absolute Gasteiger partial charge is 0.433 e. The van der Waals surface area contributed by atoms with Gasteiger partial charge in [0.25, 0.3) is 0 Å². The van der Waals surface area contributed by atoms with E-state index in [2.05, 4.69) is 25.3 Å². The molecule has 28 heavy (non-hydrogen) atoms. The Morgan fingerprint density at radius 2 is 2.07 bits per heavy atom. The third-order valence-electron chi connectivity index (χ3n) is 4.49. The van der Waals surface area contributed by atoms with Gasteiger partial charge in [-0.15, -0.1) is 24.0 Å². The minimum absolute atomic E-state index is 0.